The van der Waals surface area contributed by atoms with Gasteiger partial charge in [-0.25, -0.2) is 0 Å². The van der Waals surface area contributed by atoms with Gasteiger partial charge in [-0.05, 0) is 13.0 Å². The third-order valence-corrected chi connectivity index (χ3v) is 2.84. The van der Waals surface area contributed by atoms with E-state index in [0.717, 1.165) is 26.1 Å². The van der Waals surface area contributed by atoms with Crippen LogP contribution in [0.5, 0.6) is 0 Å². The average molecular weight is 213 g/mol. The first-order valence-electron chi connectivity index (χ1n) is 5.45. The fourth-order valence-corrected chi connectivity index (χ4v) is 1.85. The molecule has 0 aromatic carbocycles. The lowest BCUT2D eigenvalue weighted by molar-refractivity contribution is -0.141. The van der Waals surface area contributed by atoms with E-state index in [4.69, 9.17) is 0 Å². The number of rotatable bonds is 4. The number of piperidine rings is 1. The summed E-state index contributed by atoms with van der Waals surface area (Å²) in [6, 6.07) is 0. The Kier molecular flexibility index (Phi) is 4.75. The van der Waals surface area contributed by atoms with E-state index < -0.39 is 0 Å². The summed E-state index contributed by atoms with van der Waals surface area (Å²) in [7, 11) is 1.41. The maximum Gasteiger partial charge on any atom is 0.305 e. The number of nitrogens with zero attached hydrogens (tertiary/aromatic N) is 1. The topological polar surface area (TPSA) is 46.6 Å². The lowest BCUT2D eigenvalue weighted by atomic mass is 9.98. The van der Waals surface area contributed by atoms with E-state index in [1.165, 1.54) is 7.11 Å². The minimum Gasteiger partial charge on any atom is -0.469 e. The molecule has 0 spiro atoms. The molecule has 0 radical (unpaired) electrons. The summed E-state index contributed by atoms with van der Waals surface area (Å²) in [5.41, 5.74) is 0. The molecule has 1 rings (SSSR count). The molecule has 86 valence electrons. The second kappa shape index (κ2) is 5.85. The highest BCUT2D eigenvalue weighted by atomic mass is 16.5. The number of hydrogen-bond acceptors (Lipinski definition) is 4. The van der Waals surface area contributed by atoms with Crippen LogP contribution in [0.25, 0.3) is 0 Å². The average Bonchev–Trinajstić information content (AvgIpc) is 2.23. The van der Waals surface area contributed by atoms with Crippen molar-refractivity contribution in [2.45, 2.75) is 26.2 Å². The van der Waals surface area contributed by atoms with Crippen molar-refractivity contribution in [3.8, 4) is 0 Å². The van der Waals surface area contributed by atoms with Crippen LogP contribution in [0.15, 0.2) is 0 Å². The molecule has 0 bridgehead atoms. The van der Waals surface area contributed by atoms with Gasteiger partial charge in [0.15, 0.2) is 0 Å². The molecule has 0 amide bonds. The zero-order chi connectivity index (χ0) is 11.3. The molecule has 1 unspecified atom stereocenters. The van der Waals surface area contributed by atoms with Gasteiger partial charge < -0.3 is 9.64 Å². The van der Waals surface area contributed by atoms with Gasteiger partial charge in [-0.1, -0.05) is 6.92 Å². The minimum atomic E-state index is -0.156. The second-order valence-corrected chi connectivity index (χ2v) is 4.10. The van der Waals surface area contributed by atoms with E-state index >= 15 is 0 Å². The molecule has 15 heavy (non-hydrogen) atoms. The molecular formula is C11H19NO3. The van der Waals surface area contributed by atoms with Crippen LogP contribution in [0.4, 0.5) is 0 Å². The van der Waals surface area contributed by atoms with Crippen LogP contribution in [0.2, 0.25) is 0 Å². The summed E-state index contributed by atoms with van der Waals surface area (Å²) in [4.78, 5) is 24.4. The number of likely N-dealkylation sites (tertiary alicyclic amines) is 1. The lowest BCUT2D eigenvalue weighted by Gasteiger charge is -2.29. The molecule has 1 fully saturated rings. The van der Waals surface area contributed by atoms with Gasteiger partial charge in [-0.2, -0.15) is 0 Å². The third-order valence-electron chi connectivity index (χ3n) is 2.84. The van der Waals surface area contributed by atoms with Crippen molar-refractivity contribution in [3.63, 3.8) is 0 Å². The Balaban J connectivity index is 2.17. The van der Waals surface area contributed by atoms with Gasteiger partial charge in [0.25, 0.3) is 0 Å². The van der Waals surface area contributed by atoms with Gasteiger partial charge in [0.05, 0.1) is 7.11 Å². The van der Waals surface area contributed by atoms with E-state index in [-0.39, 0.29) is 11.9 Å². The van der Waals surface area contributed by atoms with Crippen molar-refractivity contribution in [1.29, 1.82) is 0 Å². The third kappa shape index (κ3) is 4.00. The van der Waals surface area contributed by atoms with Crippen LogP contribution < -0.4 is 0 Å². The van der Waals surface area contributed by atoms with Crippen molar-refractivity contribution in [1.82, 2.24) is 4.90 Å². The number of hydrogen-bond donors (Lipinski definition) is 0. The van der Waals surface area contributed by atoms with Crippen LogP contribution in [0.3, 0.4) is 0 Å². The zero-order valence-electron chi connectivity index (χ0n) is 9.49. The summed E-state index contributed by atoms with van der Waals surface area (Å²) in [6.45, 7) is 4.52. The highest BCUT2D eigenvalue weighted by Gasteiger charge is 2.22. The highest BCUT2D eigenvalue weighted by Crippen LogP contribution is 2.12. The SMILES string of the molecule is COC(=O)CCCN1CCC(=O)C(C)C1. The van der Waals surface area contributed by atoms with E-state index in [2.05, 4.69) is 9.64 Å². The molecule has 0 aromatic heterocycles. The molecule has 0 saturated carbocycles. The fourth-order valence-electron chi connectivity index (χ4n) is 1.85. The summed E-state index contributed by atoms with van der Waals surface area (Å²) in [6.07, 6.45) is 1.93. The summed E-state index contributed by atoms with van der Waals surface area (Å²) >= 11 is 0. The summed E-state index contributed by atoms with van der Waals surface area (Å²) in [5.74, 6) is 0.354. The molecule has 0 aromatic rings. The van der Waals surface area contributed by atoms with E-state index in [0.29, 0.717) is 18.6 Å². The number of methoxy groups -OCH3 is 1. The predicted molar refractivity (Wildman–Crippen MR) is 56.5 cm³/mol. The number of carbonyl (C=O) groups is 2. The first-order chi connectivity index (χ1) is 7.13. The van der Waals surface area contributed by atoms with Crippen molar-refractivity contribution < 1.29 is 14.3 Å². The van der Waals surface area contributed by atoms with Crippen molar-refractivity contribution in [2.75, 3.05) is 26.7 Å². The Labute approximate surface area is 90.6 Å². The second-order valence-electron chi connectivity index (χ2n) is 4.10. The van der Waals surface area contributed by atoms with Crippen LogP contribution in [0.1, 0.15) is 26.2 Å². The Morgan fingerprint density at radius 1 is 1.60 bits per heavy atom. The number of ketones is 1. The van der Waals surface area contributed by atoms with E-state index in [1.54, 1.807) is 0 Å². The van der Waals surface area contributed by atoms with Gasteiger partial charge in [-0.15, -0.1) is 0 Å². The molecule has 4 nitrogen and oxygen atoms in total. The summed E-state index contributed by atoms with van der Waals surface area (Å²) < 4.78 is 4.57. The van der Waals surface area contributed by atoms with Gasteiger partial charge in [0, 0.05) is 31.8 Å². The van der Waals surface area contributed by atoms with Gasteiger partial charge >= 0.3 is 5.97 Å². The quantitative estimate of drug-likeness (QED) is 0.649. The van der Waals surface area contributed by atoms with Crippen molar-refractivity contribution in [2.24, 2.45) is 5.92 Å². The van der Waals surface area contributed by atoms with Gasteiger partial charge in [0.1, 0.15) is 5.78 Å². The first kappa shape index (κ1) is 12.2. The van der Waals surface area contributed by atoms with Gasteiger partial charge in [0.2, 0.25) is 0 Å². The van der Waals surface area contributed by atoms with Crippen molar-refractivity contribution in [3.05, 3.63) is 0 Å². The Bertz CT molecular complexity index is 240. The van der Waals surface area contributed by atoms with Crippen LogP contribution in [0, 0.1) is 5.92 Å². The van der Waals surface area contributed by atoms with Gasteiger partial charge in [-0.3, -0.25) is 9.59 Å². The minimum absolute atomic E-state index is 0.150. The smallest absolute Gasteiger partial charge is 0.305 e. The molecule has 1 aliphatic rings. The number of Topliss-reactive ketones (excluding diaryl/α,β-unsaturated/α-hetero) is 1. The fraction of sp³-hybridized carbons (Fsp3) is 0.818. The largest absolute Gasteiger partial charge is 0.469 e. The number of esters is 1. The van der Waals surface area contributed by atoms with E-state index in [1.807, 2.05) is 6.92 Å². The number of carbonyl (C=O) groups excluding carboxylic acids is 2. The monoisotopic (exact) mass is 213 g/mol. The van der Waals surface area contributed by atoms with E-state index in [9.17, 15) is 9.59 Å². The molecule has 0 aliphatic carbocycles. The Morgan fingerprint density at radius 2 is 2.33 bits per heavy atom. The Hall–Kier alpha value is -0.900. The molecule has 1 saturated heterocycles. The molecule has 1 atom stereocenters. The highest BCUT2D eigenvalue weighted by molar-refractivity contribution is 5.81. The summed E-state index contributed by atoms with van der Waals surface area (Å²) in [5, 5.41) is 0. The maximum absolute atomic E-state index is 11.3. The molecule has 1 heterocycles. The molecule has 1 aliphatic heterocycles. The Morgan fingerprint density at radius 3 is 2.93 bits per heavy atom. The number of ether oxygens (including phenoxy) is 1. The molecular weight excluding hydrogens is 194 g/mol. The first-order valence-corrected chi connectivity index (χ1v) is 5.45. The molecule has 4 heteroatoms. The standard InChI is InChI=1S/C11H19NO3/c1-9-8-12(7-5-10(9)13)6-3-4-11(14)15-2/h9H,3-8H2,1-2H3. The molecule has 0 N–H and O–H groups in total. The maximum atomic E-state index is 11.3. The van der Waals surface area contributed by atoms with Crippen LogP contribution in [-0.2, 0) is 14.3 Å². The van der Waals surface area contributed by atoms with Crippen LogP contribution in [-0.4, -0.2) is 43.4 Å². The van der Waals surface area contributed by atoms with Crippen LogP contribution >= 0.6 is 0 Å². The zero-order valence-corrected chi connectivity index (χ0v) is 9.49. The normalized spacial score (nSPS) is 22.8. The van der Waals surface area contributed by atoms with Crippen molar-refractivity contribution >= 4 is 11.8 Å². The predicted octanol–water partition coefficient (Wildman–Crippen LogP) is 0.850. The lowest BCUT2D eigenvalue weighted by Crippen LogP contribution is -2.40.